The van der Waals surface area contributed by atoms with Crippen molar-refractivity contribution in [1.82, 2.24) is 4.98 Å². The lowest BCUT2D eigenvalue weighted by molar-refractivity contribution is 0.0999. The molecule has 20 heavy (non-hydrogen) atoms. The van der Waals surface area contributed by atoms with Crippen molar-refractivity contribution in [2.45, 2.75) is 57.7 Å². The van der Waals surface area contributed by atoms with Gasteiger partial charge in [-0.2, -0.15) is 0 Å². The molecular weight excluding hydrogens is 252 g/mol. The number of aromatic nitrogens is 1. The smallest absolute Gasteiger partial charge is 0.252 e. The Morgan fingerprint density at radius 1 is 1.30 bits per heavy atom. The predicted molar refractivity (Wildman–Crippen MR) is 78.7 cm³/mol. The maximum absolute atomic E-state index is 11.8. The molecule has 2 aliphatic heterocycles. The molecule has 5 heteroatoms. The van der Waals surface area contributed by atoms with Crippen LogP contribution in [-0.2, 0) is 0 Å². The number of rotatable bonds is 2. The monoisotopic (exact) mass is 274 g/mol. The van der Waals surface area contributed by atoms with Crippen molar-refractivity contribution in [2.75, 3.05) is 4.90 Å². The fourth-order valence-electron chi connectivity index (χ4n) is 3.87. The van der Waals surface area contributed by atoms with E-state index in [4.69, 9.17) is 11.5 Å². The van der Waals surface area contributed by atoms with Gasteiger partial charge in [0.15, 0.2) is 0 Å². The van der Waals surface area contributed by atoms with E-state index < -0.39 is 0 Å². The summed E-state index contributed by atoms with van der Waals surface area (Å²) in [6.45, 7) is 3.88. The molecule has 3 rings (SSSR count). The van der Waals surface area contributed by atoms with E-state index in [0.29, 0.717) is 17.6 Å². The largest absolute Gasteiger partial charge is 0.365 e. The zero-order valence-electron chi connectivity index (χ0n) is 12.1. The number of nitrogens with zero attached hydrogens (tertiary/aromatic N) is 2. The van der Waals surface area contributed by atoms with Gasteiger partial charge in [-0.05, 0) is 51.2 Å². The van der Waals surface area contributed by atoms with Gasteiger partial charge in [0.1, 0.15) is 5.82 Å². The summed E-state index contributed by atoms with van der Waals surface area (Å²) in [7, 11) is 0. The lowest BCUT2D eigenvalue weighted by Crippen LogP contribution is -2.48. The number of fused-ring (bicyclic) bond motifs is 2. The van der Waals surface area contributed by atoms with Crippen LogP contribution in [0.3, 0.4) is 0 Å². The summed E-state index contributed by atoms with van der Waals surface area (Å²) in [6, 6.07) is 2.99. The zero-order valence-corrected chi connectivity index (χ0v) is 12.1. The highest BCUT2D eigenvalue weighted by molar-refractivity contribution is 5.99. The van der Waals surface area contributed by atoms with Crippen LogP contribution in [0.1, 0.15) is 47.3 Å². The first-order valence-corrected chi connectivity index (χ1v) is 7.29. The molecule has 4 N–H and O–H groups in total. The molecule has 2 aliphatic rings. The van der Waals surface area contributed by atoms with Crippen molar-refractivity contribution in [3.8, 4) is 0 Å². The van der Waals surface area contributed by atoms with Gasteiger partial charge in [0.25, 0.3) is 5.91 Å². The number of pyridine rings is 1. The van der Waals surface area contributed by atoms with E-state index >= 15 is 0 Å². The number of piperidine rings is 1. The molecule has 2 bridgehead atoms. The Bertz CT molecular complexity index is 543. The number of nitrogens with two attached hydrogens (primary N) is 2. The van der Waals surface area contributed by atoms with Gasteiger partial charge in [0.05, 0.1) is 5.56 Å². The van der Waals surface area contributed by atoms with Crippen molar-refractivity contribution in [1.29, 1.82) is 0 Å². The third kappa shape index (κ3) is 2.06. The fraction of sp³-hybridized carbons (Fsp3) is 0.600. The molecule has 2 unspecified atom stereocenters. The molecule has 0 spiro atoms. The fourth-order valence-corrected chi connectivity index (χ4v) is 3.87. The highest BCUT2D eigenvalue weighted by Crippen LogP contribution is 2.39. The van der Waals surface area contributed by atoms with Crippen LogP contribution < -0.4 is 16.4 Å². The van der Waals surface area contributed by atoms with Crippen LogP contribution >= 0.6 is 0 Å². The highest BCUT2D eigenvalue weighted by atomic mass is 16.1. The van der Waals surface area contributed by atoms with Crippen molar-refractivity contribution in [3.05, 3.63) is 22.9 Å². The van der Waals surface area contributed by atoms with Gasteiger partial charge in [-0.25, -0.2) is 4.98 Å². The Morgan fingerprint density at radius 2 is 1.90 bits per heavy atom. The van der Waals surface area contributed by atoms with Gasteiger partial charge in [-0.15, -0.1) is 0 Å². The van der Waals surface area contributed by atoms with Crippen LogP contribution in [0, 0.1) is 13.8 Å². The number of aryl methyl sites for hydroxylation is 2. The van der Waals surface area contributed by atoms with Crippen LogP contribution in [-0.4, -0.2) is 29.0 Å². The minimum atomic E-state index is -0.390. The summed E-state index contributed by atoms with van der Waals surface area (Å²) >= 11 is 0. The van der Waals surface area contributed by atoms with Crippen LogP contribution in [0.2, 0.25) is 0 Å². The summed E-state index contributed by atoms with van der Waals surface area (Å²) in [4.78, 5) is 18.8. The summed E-state index contributed by atoms with van der Waals surface area (Å²) < 4.78 is 0. The minimum Gasteiger partial charge on any atom is -0.365 e. The summed E-state index contributed by atoms with van der Waals surface area (Å²) in [5.74, 6) is 0.383. The lowest BCUT2D eigenvalue weighted by atomic mass is 9.96. The molecule has 2 atom stereocenters. The van der Waals surface area contributed by atoms with Crippen LogP contribution in [0.5, 0.6) is 0 Å². The number of carbonyl (C=O) groups is 1. The van der Waals surface area contributed by atoms with Gasteiger partial charge in [-0.3, -0.25) is 4.79 Å². The number of anilines is 1. The summed E-state index contributed by atoms with van der Waals surface area (Å²) in [5.41, 5.74) is 14.1. The predicted octanol–water partition coefficient (Wildman–Crippen LogP) is 1.26. The number of primary amides is 1. The maximum atomic E-state index is 11.8. The van der Waals surface area contributed by atoms with E-state index in [9.17, 15) is 4.79 Å². The van der Waals surface area contributed by atoms with E-state index in [0.717, 1.165) is 42.8 Å². The first-order valence-electron chi connectivity index (χ1n) is 7.29. The van der Waals surface area contributed by atoms with Crippen molar-refractivity contribution in [3.63, 3.8) is 0 Å². The molecule has 1 aromatic heterocycles. The molecule has 1 amide bonds. The lowest BCUT2D eigenvalue weighted by Gasteiger charge is -2.39. The van der Waals surface area contributed by atoms with Gasteiger partial charge in [0.2, 0.25) is 0 Å². The minimum absolute atomic E-state index is 0.270. The molecule has 3 heterocycles. The highest BCUT2D eigenvalue weighted by Gasteiger charge is 2.41. The molecule has 5 nitrogen and oxygen atoms in total. The average molecular weight is 274 g/mol. The molecule has 2 saturated heterocycles. The maximum Gasteiger partial charge on any atom is 0.252 e. The molecule has 0 radical (unpaired) electrons. The van der Waals surface area contributed by atoms with Gasteiger partial charge in [-0.1, -0.05) is 0 Å². The second kappa shape index (κ2) is 4.74. The number of amides is 1. The van der Waals surface area contributed by atoms with Crippen LogP contribution in [0.4, 0.5) is 5.82 Å². The quantitative estimate of drug-likeness (QED) is 0.850. The van der Waals surface area contributed by atoms with Crippen LogP contribution in [0.15, 0.2) is 6.07 Å². The third-order valence-corrected chi connectivity index (χ3v) is 4.59. The van der Waals surface area contributed by atoms with Gasteiger partial charge in [0, 0.05) is 23.8 Å². The topological polar surface area (TPSA) is 85.2 Å². The number of hydrogen-bond donors (Lipinski definition) is 2. The van der Waals surface area contributed by atoms with E-state index in [1.165, 1.54) is 0 Å². The standard InChI is InChI=1S/C15H22N4O/c1-8-5-9(2)18-15(13(8)14(17)20)19-11-3-4-12(19)7-10(16)6-11/h5,10-12H,3-4,6-7,16H2,1-2H3,(H2,17,20). The molecule has 0 aliphatic carbocycles. The SMILES string of the molecule is Cc1cc(C)c(C(N)=O)c(N2C3CCC2CC(N)C3)n1. The Balaban J connectivity index is 2.08. The Morgan fingerprint density at radius 3 is 2.45 bits per heavy atom. The molecule has 1 aromatic rings. The Hall–Kier alpha value is -1.62. The summed E-state index contributed by atoms with van der Waals surface area (Å²) in [5, 5.41) is 0. The van der Waals surface area contributed by atoms with E-state index in [2.05, 4.69) is 9.88 Å². The molecular formula is C15H22N4O. The first kappa shape index (κ1) is 13.4. The summed E-state index contributed by atoms with van der Waals surface area (Å²) in [6.07, 6.45) is 4.21. The number of carbonyl (C=O) groups excluding carboxylic acids is 1. The van der Waals surface area contributed by atoms with E-state index in [-0.39, 0.29) is 11.9 Å². The average Bonchev–Trinajstić information content (AvgIpc) is 2.60. The molecule has 108 valence electrons. The Kier molecular flexibility index (Phi) is 3.17. The van der Waals surface area contributed by atoms with Gasteiger partial charge < -0.3 is 16.4 Å². The van der Waals surface area contributed by atoms with Crippen molar-refractivity contribution >= 4 is 11.7 Å². The molecule has 0 aromatic carbocycles. The van der Waals surface area contributed by atoms with Crippen molar-refractivity contribution < 1.29 is 4.79 Å². The molecule has 0 saturated carbocycles. The van der Waals surface area contributed by atoms with E-state index in [1.807, 2.05) is 19.9 Å². The zero-order chi connectivity index (χ0) is 14.4. The first-order chi connectivity index (χ1) is 9.47. The number of hydrogen-bond acceptors (Lipinski definition) is 4. The van der Waals surface area contributed by atoms with Gasteiger partial charge >= 0.3 is 0 Å². The third-order valence-electron chi connectivity index (χ3n) is 4.59. The van der Waals surface area contributed by atoms with Crippen LogP contribution in [0.25, 0.3) is 0 Å². The van der Waals surface area contributed by atoms with E-state index in [1.54, 1.807) is 0 Å². The normalized spacial score (nSPS) is 28.8. The van der Waals surface area contributed by atoms with Crippen molar-refractivity contribution in [2.24, 2.45) is 11.5 Å². The second-order valence-corrected chi connectivity index (χ2v) is 6.17. The molecule has 2 fully saturated rings. The second-order valence-electron chi connectivity index (χ2n) is 6.17. The Labute approximate surface area is 119 Å².